The second-order valence-corrected chi connectivity index (χ2v) is 5.54. The number of hydrogen-bond acceptors (Lipinski definition) is 3. The highest BCUT2D eigenvalue weighted by atomic mass is 19.1. The van der Waals surface area contributed by atoms with Gasteiger partial charge in [0.05, 0.1) is 6.20 Å². The molecule has 0 aliphatic carbocycles. The summed E-state index contributed by atoms with van der Waals surface area (Å²) in [5.74, 6) is 1.02. The predicted octanol–water partition coefficient (Wildman–Crippen LogP) is 4.07. The Balaban J connectivity index is 2.14. The summed E-state index contributed by atoms with van der Waals surface area (Å²) in [6.45, 7) is 7.79. The molecule has 0 saturated carbocycles. The fourth-order valence-electron chi connectivity index (χ4n) is 1.95. The topological polar surface area (TPSA) is 34.1 Å². The van der Waals surface area contributed by atoms with Gasteiger partial charge in [-0.25, -0.2) is 4.39 Å². The van der Waals surface area contributed by atoms with Crippen LogP contribution in [0, 0.1) is 18.7 Å². The highest BCUT2D eigenvalue weighted by Crippen LogP contribution is 2.27. The molecular weight excluding hydrogens is 267 g/mol. The van der Waals surface area contributed by atoms with Gasteiger partial charge in [-0.05, 0) is 43.1 Å². The average molecular weight is 288 g/mol. The first-order valence-electron chi connectivity index (χ1n) is 7.14. The minimum absolute atomic E-state index is 0.230. The Morgan fingerprint density at radius 3 is 2.81 bits per heavy atom. The summed E-state index contributed by atoms with van der Waals surface area (Å²) < 4.78 is 19.5. The third-order valence-corrected chi connectivity index (χ3v) is 3.04. The van der Waals surface area contributed by atoms with E-state index in [2.05, 4.69) is 24.1 Å². The lowest BCUT2D eigenvalue weighted by atomic mass is 10.2. The van der Waals surface area contributed by atoms with Crippen molar-refractivity contribution in [2.45, 2.75) is 27.3 Å². The van der Waals surface area contributed by atoms with Crippen LogP contribution in [0.15, 0.2) is 36.7 Å². The molecule has 1 aromatic carbocycles. The van der Waals surface area contributed by atoms with Crippen LogP contribution in [0.3, 0.4) is 0 Å². The predicted molar refractivity (Wildman–Crippen MR) is 82.0 cm³/mol. The van der Waals surface area contributed by atoms with Gasteiger partial charge in [-0.3, -0.25) is 4.98 Å². The highest BCUT2D eigenvalue weighted by molar-refractivity contribution is 5.37. The van der Waals surface area contributed by atoms with Crippen molar-refractivity contribution >= 4 is 0 Å². The number of hydrogen-bond donors (Lipinski definition) is 1. The van der Waals surface area contributed by atoms with Gasteiger partial charge in [0.25, 0.3) is 0 Å². The van der Waals surface area contributed by atoms with Crippen LogP contribution >= 0.6 is 0 Å². The molecule has 0 aliphatic heterocycles. The largest absolute Gasteiger partial charge is 0.452 e. The van der Waals surface area contributed by atoms with E-state index in [1.807, 2.05) is 13.0 Å². The minimum Gasteiger partial charge on any atom is -0.452 e. The van der Waals surface area contributed by atoms with E-state index in [1.54, 1.807) is 24.5 Å². The standard InChI is InChI=1S/C17H21FN2O/c1-12(2)9-20-10-14-6-7-19-11-17(14)21-16-8-13(3)4-5-15(16)18/h4-8,11-12,20H,9-10H2,1-3H3. The molecule has 0 aliphatic rings. The van der Waals surface area contributed by atoms with Crippen molar-refractivity contribution in [2.75, 3.05) is 6.54 Å². The maximum absolute atomic E-state index is 13.8. The second-order valence-electron chi connectivity index (χ2n) is 5.54. The number of pyridine rings is 1. The van der Waals surface area contributed by atoms with Crippen molar-refractivity contribution in [1.29, 1.82) is 0 Å². The quantitative estimate of drug-likeness (QED) is 0.870. The summed E-state index contributed by atoms with van der Waals surface area (Å²) in [5, 5.41) is 3.35. The van der Waals surface area contributed by atoms with Crippen molar-refractivity contribution < 1.29 is 9.13 Å². The van der Waals surface area contributed by atoms with Gasteiger partial charge in [-0.15, -0.1) is 0 Å². The number of aryl methyl sites for hydroxylation is 1. The molecule has 112 valence electrons. The van der Waals surface area contributed by atoms with Gasteiger partial charge in [0, 0.05) is 18.3 Å². The van der Waals surface area contributed by atoms with Crippen molar-refractivity contribution in [1.82, 2.24) is 10.3 Å². The number of nitrogens with one attached hydrogen (secondary N) is 1. The molecule has 1 heterocycles. The smallest absolute Gasteiger partial charge is 0.165 e. The van der Waals surface area contributed by atoms with Crippen LogP contribution in [-0.4, -0.2) is 11.5 Å². The number of halogens is 1. The summed E-state index contributed by atoms with van der Waals surface area (Å²) >= 11 is 0. The van der Waals surface area contributed by atoms with Gasteiger partial charge in [0.2, 0.25) is 0 Å². The Labute approximate surface area is 125 Å². The van der Waals surface area contributed by atoms with Crippen LogP contribution in [-0.2, 0) is 6.54 Å². The summed E-state index contributed by atoms with van der Waals surface area (Å²) in [5.41, 5.74) is 1.92. The second kappa shape index (κ2) is 7.18. The Morgan fingerprint density at radius 1 is 1.24 bits per heavy atom. The molecule has 0 fully saturated rings. The molecule has 0 saturated heterocycles. The summed E-state index contributed by atoms with van der Waals surface area (Å²) in [6.07, 6.45) is 3.33. The molecule has 1 N–H and O–H groups in total. The molecule has 0 bridgehead atoms. The van der Waals surface area contributed by atoms with E-state index in [9.17, 15) is 4.39 Å². The Hall–Kier alpha value is -1.94. The van der Waals surface area contributed by atoms with Crippen molar-refractivity contribution in [2.24, 2.45) is 5.92 Å². The summed E-state index contributed by atoms with van der Waals surface area (Å²) in [7, 11) is 0. The van der Waals surface area contributed by atoms with Crippen LogP contribution in [0.2, 0.25) is 0 Å². The van der Waals surface area contributed by atoms with Crippen LogP contribution in [0.4, 0.5) is 4.39 Å². The van der Waals surface area contributed by atoms with E-state index >= 15 is 0 Å². The van der Waals surface area contributed by atoms with E-state index in [-0.39, 0.29) is 11.6 Å². The Bertz CT molecular complexity index is 599. The Kier molecular flexibility index (Phi) is 5.28. The molecule has 0 radical (unpaired) electrons. The summed E-state index contributed by atoms with van der Waals surface area (Å²) in [4.78, 5) is 4.06. The van der Waals surface area contributed by atoms with Crippen molar-refractivity contribution in [3.05, 3.63) is 53.6 Å². The molecule has 2 rings (SSSR count). The maximum atomic E-state index is 13.8. The lowest BCUT2D eigenvalue weighted by Crippen LogP contribution is -2.19. The zero-order chi connectivity index (χ0) is 15.2. The van der Waals surface area contributed by atoms with Crippen LogP contribution < -0.4 is 10.1 Å². The van der Waals surface area contributed by atoms with Gasteiger partial charge in [-0.1, -0.05) is 19.9 Å². The average Bonchev–Trinajstić information content (AvgIpc) is 2.44. The van der Waals surface area contributed by atoms with Gasteiger partial charge in [0.1, 0.15) is 5.75 Å². The van der Waals surface area contributed by atoms with E-state index in [4.69, 9.17) is 4.74 Å². The van der Waals surface area contributed by atoms with Crippen LogP contribution in [0.5, 0.6) is 11.5 Å². The van der Waals surface area contributed by atoms with Gasteiger partial charge in [-0.2, -0.15) is 0 Å². The van der Waals surface area contributed by atoms with Crippen LogP contribution in [0.25, 0.3) is 0 Å². The van der Waals surface area contributed by atoms with Gasteiger partial charge >= 0.3 is 0 Å². The van der Waals surface area contributed by atoms with E-state index < -0.39 is 0 Å². The van der Waals surface area contributed by atoms with Crippen LogP contribution in [0.1, 0.15) is 25.0 Å². The van der Waals surface area contributed by atoms with Gasteiger partial charge in [0.15, 0.2) is 11.6 Å². The first-order valence-corrected chi connectivity index (χ1v) is 7.14. The molecule has 4 heteroatoms. The molecule has 0 unspecified atom stereocenters. The highest BCUT2D eigenvalue weighted by Gasteiger charge is 2.09. The lowest BCUT2D eigenvalue weighted by Gasteiger charge is -2.13. The first kappa shape index (κ1) is 15.4. The normalized spacial score (nSPS) is 10.9. The molecule has 3 nitrogen and oxygen atoms in total. The number of benzene rings is 1. The number of nitrogens with zero attached hydrogens (tertiary/aromatic N) is 1. The number of aromatic nitrogens is 1. The monoisotopic (exact) mass is 288 g/mol. The molecule has 21 heavy (non-hydrogen) atoms. The Morgan fingerprint density at radius 2 is 2.05 bits per heavy atom. The molecule has 0 spiro atoms. The fourth-order valence-corrected chi connectivity index (χ4v) is 1.95. The summed E-state index contributed by atoms with van der Waals surface area (Å²) in [6, 6.07) is 6.71. The van der Waals surface area contributed by atoms with Crippen molar-refractivity contribution in [3.63, 3.8) is 0 Å². The number of ether oxygens (including phenoxy) is 1. The van der Waals surface area contributed by atoms with Gasteiger partial charge < -0.3 is 10.1 Å². The van der Waals surface area contributed by atoms with E-state index in [1.165, 1.54) is 6.07 Å². The third kappa shape index (κ3) is 4.53. The van der Waals surface area contributed by atoms with Crippen molar-refractivity contribution in [3.8, 4) is 11.5 Å². The SMILES string of the molecule is Cc1ccc(F)c(Oc2cnccc2CNCC(C)C)c1. The molecule has 0 atom stereocenters. The number of rotatable bonds is 6. The third-order valence-electron chi connectivity index (χ3n) is 3.04. The van der Waals surface area contributed by atoms with E-state index in [0.29, 0.717) is 18.2 Å². The maximum Gasteiger partial charge on any atom is 0.165 e. The fraction of sp³-hybridized carbons (Fsp3) is 0.353. The molecule has 2 aromatic rings. The molecule has 1 aromatic heterocycles. The zero-order valence-corrected chi connectivity index (χ0v) is 12.7. The van der Waals surface area contributed by atoms with E-state index in [0.717, 1.165) is 17.7 Å². The zero-order valence-electron chi connectivity index (χ0n) is 12.7. The molecular formula is C17H21FN2O. The minimum atomic E-state index is -0.370. The lowest BCUT2D eigenvalue weighted by molar-refractivity contribution is 0.432. The molecule has 0 amide bonds. The first-order chi connectivity index (χ1) is 10.1.